The van der Waals surface area contributed by atoms with Crippen LogP contribution in [0.5, 0.6) is 0 Å². The maximum atomic E-state index is 11.4. The number of likely N-dealkylation sites (tertiary alicyclic amines) is 1. The van der Waals surface area contributed by atoms with Crippen molar-refractivity contribution in [1.82, 2.24) is 10.2 Å². The Labute approximate surface area is 89.8 Å². The van der Waals surface area contributed by atoms with E-state index >= 15 is 0 Å². The molecule has 0 aromatic rings. The molecule has 0 spiro atoms. The van der Waals surface area contributed by atoms with Gasteiger partial charge in [0.25, 0.3) is 0 Å². The highest BCUT2D eigenvalue weighted by atomic mass is 16.5. The molecular weight excluding hydrogens is 196 g/mol. The van der Waals surface area contributed by atoms with Crippen molar-refractivity contribution in [3.8, 4) is 0 Å². The second-order valence-electron chi connectivity index (χ2n) is 3.66. The van der Waals surface area contributed by atoms with Gasteiger partial charge in [0.2, 0.25) is 5.91 Å². The molecule has 0 atom stereocenters. The average molecular weight is 214 g/mol. The van der Waals surface area contributed by atoms with E-state index in [4.69, 9.17) is 4.74 Å². The Bertz CT molecular complexity index is 221. The summed E-state index contributed by atoms with van der Waals surface area (Å²) in [6.45, 7) is 2.87. The molecule has 1 saturated heterocycles. The number of hydrogen-bond donors (Lipinski definition) is 1. The number of hydrogen-bond acceptors (Lipinski definition) is 4. The van der Waals surface area contributed by atoms with Gasteiger partial charge in [-0.3, -0.25) is 14.5 Å². The van der Waals surface area contributed by atoms with Gasteiger partial charge >= 0.3 is 0 Å². The number of amides is 1. The highest BCUT2D eigenvalue weighted by Gasteiger charge is 2.17. The molecule has 0 radical (unpaired) electrons. The summed E-state index contributed by atoms with van der Waals surface area (Å²) in [7, 11) is 1.60. The Hall–Kier alpha value is -0.940. The van der Waals surface area contributed by atoms with Crippen molar-refractivity contribution in [2.24, 2.45) is 0 Å². The summed E-state index contributed by atoms with van der Waals surface area (Å²) in [5.74, 6) is 0.299. The van der Waals surface area contributed by atoms with Gasteiger partial charge in [0.15, 0.2) is 0 Å². The zero-order valence-electron chi connectivity index (χ0n) is 9.12. The van der Waals surface area contributed by atoms with E-state index in [2.05, 4.69) is 5.32 Å². The van der Waals surface area contributed by atoms with Crippen LogP contribution in [0.15, 0.2) is 0 Å². The summed E-state index contributed by atoms with van der Waals surface area (Å²) in [6.07, 6.45) is 1.15. The normalized spacial score (nSPS) is 17.8. The lowest BCUT2D eigenvalue weighted by Crippen LogP contribution is -2.42. The van der Waals surface area contributed by atoms with Crippen molar-refractivity contribution in [3.63, 3.8) is 0 Å². The number of nitrogens with zero attached hydrogens (tertiary/aromatic N) is 1. The van der Waals surface area contributed by atoms with E-state index in [1.807, 2.05) is 4.90 Å². The Kier molecular flexibility index (Phi) is 5.28. The summed E-state index contributed by atoms with van der Waals surface area (Å²) in [5.41, 5.74) is 0. The second kappa shape index (κ2) is 6.53. The highest BCUT2D eigenvalue weighted by Crippen LogP contribution is 2.04. The van der Waals surface area contributed by atoms with E-state index in [9.17, 15) is 9.59 Å². The van der Waals surface area contributed by atoms with Gasteiger partial charge in [-0.15, -0.1) is 0 Å². The molecule has 1 fully saturated rings. The zero-order chi connectivity index (χ0) is 11.1. The maximum absolute atomic E-state index is 11.4. The molecule has 5 heteroatoms. The number of carbonyl (C=O) groups is 2. The summed E-state index contributed by atoms with van der Waals surface area (Å²) >= 11 is 0. The van der Waals surface area contributed by atoms with Crippen LogP contribution in [0, 0.1) is 0 Å². The lowest BCUT2D eigenvalue weighted by molar-refractivity contribution is -0.126. The van der Waals surface area contributed by atoms with Crippen LogP contribution in [0.3, 0.4) is 0 Å². The van der Waals surface area contributed by atoms with Gasteiger partial charge in [-0.2, -0.15) is 0 Å². The predicted molar refractivity (Wildman–Crippen MR) is 55.6 cm³/mol. The van der Waals surface area contributed by atoms with Gasteiger partial charge in [-0.25, -0.2) is 0 Å². The van der Waals surface area contributed by atoms with Gasteiger partial charge < -0.3 is 10.1 Å². The summed E-state index contributed by atoms with van der Waals surface area (Å²) in [5, 5.41) is 2.75. The van der Waals surface area contributed by atoms with Crippen LogP contribution >= 0.6 is 0 Å². The summed E-state index contributed by atoms with van der Waals surface area (Å²) in [4.78, 5) is 24.3. The fourth-order valence-electron chi connectivity index (χ4n) is 1.51. The SMILES string of the molecule is COCCNC(=O)CN1CCC(=O)CC1. The highest BCUT2D eigenvalue weighted by molar-refractivity contribution is 5.81. The standard InChI is InChI=1S/C10H18N2O3/c1-15-7-4-11-10(14)8-12-5-2-9(13)3-6-12/h2-8H2,1H3,(H,11,14). The number of piperidine rings is 1. The van der Waals surface area contributed by atoms with Gasteiger partial charge in [0.05, 0.1) is 13.2 Å². The Morgan fingerprint density at radius 1 is 1.47 bits per heavy atom. The van der Waals surface area contributed by atoms with Crippen LogP contribution in [-0.4, -0.2) is 56.5 Å². The van der Waals surface area contributed by atoms with E-state index in [0.29, 0.717) is 51.4 Å². The first-order chi connectivity index (χ1) is 7.22. The molecule has 1 aliphatic heterocycles. The van der Waals surface area contributed by atoms with Crippen LogP contribution in [0.1, 0.15) is 12.8 Å². The molecule has 0 aromatic heterocycles. The summed E-state index contributed by atoms with van der Waals surface area (Å²) in [6, 6.07) is 0. The molecule has 86 valence electrons. The number of methoxy groups -OCH3 is 1. The number of ether oxygens (including phenoxy) is 1. The molecule has 1 rings (SSSR count). The minimum Gasteiger partial charge on any atom is -0.383 e. The molecule has 1 heterocycles. The smallest absolute Gasteiger partial charge is 0.234 e. The predicted octanol–water partition coefficient (Wildman–Crippen LogP) is -0.586. The van der Waals surface area contributed by atoms with Crippen LogP contribution in [0.25, 0.3) is 0 Å². The third-order valence-corrected chi connectivity index (χ3v) is 2.41. The van der Waals surface area contributed by atoms with Gasteiger partial charge in [0, 0.05) is 39.6 Å². The molecule has 0 unspecified atom stereocenters. The molecule has 0 bridgehead atoms. The molecule has 0 aromatic carbocycles. The van der Waals surface area contributed by atoms with Crippen molar-refractivity contribution in [1.29, 1.82) is 0 Å². The Balaban J connectivity index is 2.12. The number of carbonyl (C=O) groups excluding carboxylic acids is 2. The molecular formula is C10H18N2O3. The third kappa shape index (κ3) is 4.90. The van der Waals surface area contributed by atoms with Crippen LogP contribution in [0.4, 0.5) is 0 Å². The second-order valence-corrected chi connectivity index (χ2v) is 3.66. The van der Waals surface area contributed by atoms with Crippen molar-refractivity contribution < 1.29 is 14.3 Å². The topological polar surface area (TPSA) is 58.6 Å². The zero-order valence-corrected chi connectivity index (χ0v) is 9.12. The number of nitrogens with one attached hydrogen (secondary N) is 1. The number of Topliss-reactive ketones (excluding diaryl/α,β-unsaturated/α-hetero) is 1. The Morgan fingerprint density at radius 2 is 2.13 bits per heavy atom. The maximum Gasteiger partial charge on any atom is 0.234 e. The van der Waals surface area contributed by atoms with Crippen molar-refractivity contribution in [2.45, 2.75) is 12.8 Å². The largest absolute Gasteiger partial charge is 0.383 e. The quantitative estimate of drug-likeness (QED) is 0.622. The number of ketones is 1. The van der Waals surface area contributed by atoms with Crippen LogP contribution < -0.4 is 5.32 Å². The first kappa shape index (κ1) is 12.1. The molecule has 1 amide bonds. The van der Waals surface area contributed by atoms with Crippen LogP contribution in [-0.2, 0) is 14.3 Å². The first-order valence-electron chi connectivity index (χ1n) is 5.22. The third-order valence-electron chi connectivity index (χ3n) is 2.41. The lowest BCUT2D eigenvalue weighted by Gasteiger charge is -2.24. The van der Waals surface area contributed by atoms with Crippen LogP contribution in [0.2, 0.25) is 0 Å². The molecule has 1 N–H and O–H groups in total. The number of rotatable bonds is 5. The average Bonchev–Trinajstić information content (AvgIpc) is 2.22. The minimum absolute atomic E-state index is 0.00130. The Morgan fingerprint density at radius 3 is 2.73 bits per heavy atom. The first-order valence-corrected chi connectivity index (χ1v) is 5.22. The van der Waals surface area contributed by atoms with Gasteiger partial charge in [-0.1, -0.05) is 0 Å². The van der Waals surface area contributed by atoms with E-state index in [1.165, 1.54) is 0 Å². The summed E-state index contributed by atoms with van der Waals surface area (Å²) < 4.78 is 4.82. The van der Waals surface area contributed by atoms with Crippen molar-refractivity contribution in [3.05, 3.63) is 0 Å². The molecule has 15 heavy (non-hydrogen) atoms. The van der Waals surface area contributed by atoms with Crippen molar-refractivity contribution in [2.75, 3.05) is 39.9 Å². The monoisotopic (exact) mass is 214 g/mol. The lowest BCUT2D eigenvalue weighted by atomic mass is 10.1. The fourth-order valence-corrected chi connectivity index (χ4v) is 1.51. The van der Waals surface area contributed by atoms with E-state index in [0.717, 1.165) is 0 Å². The van der Waals surface area contributed by atoms with E-state index in [-0.39, 0.29) is 5.91 Å². The van der Waals surface area contributed by atoms with Gasteiger partial charge in [-0.05, 0) is 0 Å². The van der Waals surface area contributed by atoms with E-state index in [1.54, 1.807) is 7.11 Å². The van der Waals surface area contributed by atoms with Crippen molar-refractivity contribution >= 4 is 11.7 Å². The molecule has 0 saturated carbocycles. The van der Waals surface area contributed by atoms with E-state index < -0.39 is 0 Å². The molecule has 1 aliphatic rings. The van der Waals surface area contributed by atoms with Gasteiger partial charge in [0.1, 0.15) is 5.78 Å². The molecule has 5 nitrogen and oxygen atoms in total. The minimum atomic E-state index is 0.00130. The molecule has 0 aliphatic carbocycles. The fraction of sp³-hybridized carbons (Fsp3) is 0.800.